The first-order valence-corrected chi connectivity index (χ1v) is 9.19. The fraction of sp³-hybridized carbons (Fsp3) is 0.235. The summed E-state index contributed by atoms with van der Waals surface area (Å²) < 4.78 is 26.5. The fourth-order valence-corrected chi connectivity index (χ4v) is 3.85. The number of sulfonamides is 1. The topological polar surface area (TPSA) is 74.8 Å². The third-order valence-corrected chi connectivity index (χ3v) is 5.21. The lowest BCUT2D eigenvalue weighted by molar-refractivity contribution is 0.600. The number of anilines is 1. The van der Waals surface area contributed by atoms with Gasteiger partial charge in [0.2, 0.25) is 10.0 Å². The van der Waals surface area contributed by atoms with Crippen molar-refractivity contribution >= 4 is 26.7 Å². The molecule has 0 spiro atoms. The van der Waals surface area contributed by atoms with Crippen LogP contribution in [0.4, 0.5) is 5.69 Å². The molecule has 0 radical (unpaired) electrons. The number of aromatic nitrogens is 2. The second kappa shape index (κ2) is 6.04. The van der Waals surface area contributed by atoms with Crippen LogP contribution in [-0.4, -0.2) is 24.1 Å². The van der Waals surface area contributed by atoms with Gasteiger partial charge in [-0.15, -0.1) is 0 Å². The van der Waals surface area contributed by atoms with Gasteiger partial charge in [0.25, 0.3) is 0 Å². The van der Waals surface area contributed by atoms with Gasteiger partial charge in [-0.25, -0.2) is 13.4 Å². The number of nitrogens with zero attached hydrogens (tertiary/aromatic N) is 1. The molecule has 0 unspecified atom stereocenters. The Morgan fingerprint density at radius 2 is 2.04 bits per heavy atom. The molecule has 6 heteroatoms. The highest BCUT2D eigenvalue weighted by Crippen LogP contribution is 2.30. The number of hydrogen-bond acceptors (Lipinski definition) is 3. The largest absolute Gasteiger partial charge is 0.346 e. The number of fused-ring (bicyclic) bond motifs is 1. The maximum Gasteiger partial charge on any atom is 0.232 e. The maximum absolute atomic E-state index is 11.9. The summed E-state index contributed by atoms with van der Waals surface area (Å²) in [5.74, 6) is 0.127. The standard InChI is InChI=1S/C17H19N3O2S/c1-3-10-23(21,22)20-16-5-4-13(11-12(16)2)14-6-8-18-17-15(14)7-9-19-17/h4-9,11,20H,3,10H2,1-2H3,(H,18,19). The molecule has 3 rings (SSSR count). The second-order valence-electron chi connectivity index (χ2n) is 5.55. The summed E-state index contributed by atoms with van der Waals surface area (Å²) in [5.41, 5.74) is 4.47. The Kier molecular flexibility index (Phi) is 4.09. The Bertz CT molecular complexity index is 945. The van der Waals surface area contributed by atoms with Gasteiger partial charge in [-0.2, -0.15) is 0 Å². The highest BCUT2D eigenvalue weighted by atomic mass is 32.2. The zero-order chi connectivity index (χ0) is 16.4. The van der Waals surface area contributed by atoms with E-state index in [1.54, 1.807) is 6.20 Å². The average molecular weight is 329 g/mol. The molecule has 2 N–H and O–H groups in total. The molecule has 0 saturated heterocycles. The van der Waals surface area contributed by atoms with Crippen LogP contribution in [0.2, 0.25) is 0 Å². The lowest BCUT2D eigenvalue weighted by Crippen LogP contribution is -2.16. The van der Waals surface area contributed by atoms with E-state index < -0.39 is 10.0 Å². The monoisotopic (exact) mass is 329 g/mol. The van der Waals surface area contributed by atoms with Crippen LogP contribution in [0.25, 0.3) is 22.2 Å². The van der Waals surface area contributed by atoms with Gasteiger partial charge in [-0.1, -0.05) is 13.0 Å². The Labute approximate surface area is 135 Å². The van der Waals surface area contributed by atoms with Crippen molar-refractivity contribution in [1.82, 2.24) is 9.97 Å². The van der Waals surface area contributed by atoms with Crippen LogP contribution in [0.1, 0.15) is 18.9 Å². The molecule has 23 heavy (non-hydrogen) atoms. The zero-order valence-corrected chi connectivity index (χ0v) is 13.9. The van der Waals surface area contributed by atoms with Crippen molar-refractivity contribution in [3.8, 4) is 11.1 Å². The lowest BCUT2D eigenvalue weighted by atomic mass is 10.0. The van der Waals surface area contributed by atoms with Gasteiger partial charge in [0.15, 0.2) is 0 Å². The predicted octanol–water partition coefficient (Wildman–Crippen LogP) is 3.69. The number of H-pyrrole nitrogens is 1. The summed E-state index contributed by atoms with van der Waals surface area (Å²) in [5, 5.41) is 1.05. The maximum atomic E-state index is 11.9. The van der Waals surface area contributed by atoms with Crippen molar-refractivity contribution in [3.05, 3.63) is 48.3 Å². The first-order chi connectivity index (χ1) is 11.0. The summed E-state index contributed by atoms with van der Waals surface area (Å²) in [7, 11) is -3.28. The SMILES string of the molecule is CCCS(=O)(=O)Nc1ccc(-c2ccnc3[nH]ccc23)cc1C. The molecule has 2 heterocycles. The van der Waals surface area contributed by atoms with Gasteiger partial charge in [0.05, 0.1) is 11.4 Å². The average Bonchev–Trinajstić information content (AvgIpc) is 2.97. The van der Waals surface area contributed by atoms with Crippen molar-refractivity contribution in [2.45, 2.75) is 20.3 Å². The molecule has 120 valence electrons. The van der Waals surface area contributed by atoms with Gasteiger partial charge in [-0.3, -0.25) is 4.72 Å². The van der Waals surface area contributed by atoms with Gasteiger partial charge >= 0.3 is 0 Å². The summed E-state index contributed by atoms with van der Waals surface area (Å²) in [4.78, 5) is 7.39. The van der Waals surface area contributed by atoms with E-state index in [0.717, 1.165) is 27.7 Å². The molecule has 0 aliphatic heterocycles. The van der Waals surface area contributed by atoms with E-state index in [-0.39, 0.29) is 5.75 Å². The summed E-state index contributed by atoms with van der Waals surface area (Å²) >= 11 is 0. The number of benzene rings is 1. The number of rotatable bonds is 5. The van der Waals surface area contributed by atoms with E-state index in [1.165, 1.54) is 0 Å². The summed E-state index contributed by atoms with van der Waals surface area (Å²) in [6.45, 7) is 3.75. The van der Waals surface area contributed by atoms with Crippen molar-refractivity contribution in [1.29, 1.82) is 0 Å². The molecule has 0 saturated carbocycles. The number of pyridine rings is 1. The molecule has 2 aromatic heterocycles. The van der Waals surface area contributed by atoms with Crippen LogP contribution in [0, 0.1) is 6.92 Å². The lowest BCUT2D eigenvalue weighted by Gasteiger charge is -2.12. The minimum Gasteiger partial charge on any atom is -0.346 e. The minimum absolute atomic E-state index is 0.127. The van der Waals surface area contributed by atoms with Gasteiger partial charge < -0.3 is 4.98 Å². The zero-order valence-electron chi connectivity index (χ0n) is 13.1. The van der Waals surface area contributed by atoms with Gasteiger partial charge in [0.1, 0.15) is 5.65 Å². The molecule has 0 bridgehead atoms. The van der Waals surface area contributed by atoms with Gasteiger partial charge in [0, 0.05) is 17.8 Å². The molecule has 0 fully saturated rings. The highest BCUT2D eigenvalue weighted by Gasteiger charge is 2.12. The minimum atomic E-state index is -3.28. The first-order valence-electron chi connectivity index (χ1n) is 7.54. The molecule has 3 aromatic rings. The Hall–Kier alpha value is -2.34. The molecular formula is C17H19N3O2S. The molecular weight excluding hydrogens is 310 g/mol. The van der Waals surface area contributed by atoms with Crippen molar-refractivity contribution < 1.29 is 8.42 Å². The van der Waals surface area contributed by atoms with E-state index in [4.69, 9.17) is 0 Å². The highest BCUT2D eigenvalue weighted by molar-refractivity contribution is 7.92. The first kappa shape index (κ1) is 15.6. The van der Waals surface area contributed by atoms with Gasteiger partial charge in [-0.05, 0) is 54.3 Å². The Morgan fingerprint density at radius 3 is 2.78 bits per heavy atom. The van der Waals surface area contributed by atoms with Crippen LogP contribution in [0.5, 0.6) is 0 Å². The van der Waals surface area contributed by atoms with Crippen LogP contribution in [-0.2, 0) is 10.0 Å². The molecule has 0 atom stereocenters. The van der Waals surface area contributed by atoms with E-state index >= 15 is 0 Å². The molecule has 0 aliphatic carbocycles. The fourth-order valence-electron chi connectivity index (χ4n) is 2.65. The quantitative estimate of drug-likeness (QED) is 0.749. The third kappa shape index (κ3) is 3.22. The van der Waals surface area contributed by atoms with E-state index in [2.05, 4.69) is 14.7 Å². The van der Waals surface area contributed by atoms with Crippen molar-refractivity contribution in [3.63, 3.8) is 0 Å². The van der Waals surface area contributed by atoms with Crippen LogP contribution in [0.3, 0.4) is 0 Å². The number of aryl methyl sites for hydroxylation is 1. The molecule has 0 aliphatic rings. The van der Waals surface area contributed by atoms with Crippen molar-refractivity contribution in [2.24, 2.45) is 0 Å². The van der Waals surface area contributed by atoms with Crippen LogP contribution >= 0.6 is 0 Å². The number of hydrogen-bond donors (Lipinski definition) is 2. The Morgan fingerprint density at radius 1 is 1.22 bits per heavy atom. The molecule has 5 nitrogen and oxygen atoms in total. The van der Waals surface area contributed by atoms with Crippen LogP contribution in [0.15, 0.2) is 42.7 Å². The van der Waals surface area contributed by atoms with E-state index in [9.17, 15) is 8.42 Å². The normalized spacial score (nSPS) is 11.7. The van der Waals surface area contributed by atoms with E-state index in [0.29, 0.717) is 12.1 Å². The molecule has 1 aromatic carbocycles. The number of nitrogens with one attached hydrogen (secondary N) is 2. The second-order valence-corrected chi connectivity index (χ2v) is 7.39. The molecule has 0 amide bonds. The van der Waals surface area contributed by atoms with E-state index in [1.807, 2.05) is 50.4 Å². The number of aromatic amines is 1. The van der Waals surface area contributed by atoms with Crippen LogP contribution < -0.4 is 4.72 Å². The third-order valence-electron chi connectivity index (χ3n) is 3.74. The smallest absolute Gasteiger partial charge is 0.232 e. The van der Waals surface area contributed by atoms with Crippen molar-refractivity contribution in [2.75, 3.05) is 10.5 Å². The predicted molar refractivity (Wildman–Crippen MR) is 94.0 cm³/mol. The Balaban J connectivity index is 1.98. The summed E-state index contributed by atoms with van der Waals surface area (Å²) in [6, 6.07) is 9.69. The summed E-state index contributed by atoms with van der Waals surface area (Å²) in [6.07, 6.45) is 4.22.